The maximum absolute atomic E-state index is 11.6. The first-order valence-corrected chi connectivity index (χ1v) is 5.82. The van der Waals surface area contributed by atoms with Crippen LogP contribution in [0.4, 0.5) is 10.5 Å². The molecule has 0 unspecified atom stereocenters. The van der Waals surface area contributed by atoms with E-state index in [0.29, 0.717) is 10.7 Å². The van der Waals surface area contributed by atoms with E-state index in [1.54, 1.807) is 38.1 Å². The van der Waals surface area contributed by atoms with Crippen molar-refractivity contribution in [3.05, 3.63) is 29.3 Å². The Labute approximate surface area is 110 Å². The van der Waals surface area contributed by atoms with E-state index in [4.69, 9.17) is 11.6 Å². The molecule has 6 heteroatoms. The second-order valence-electron chi connectivity index (χ2n) is 4.12. The number of amides is 2. The molecule has 1 rings (SSSR count). The lowest BCUT2D eigenvalue weighted by Gasteiger charge is -2.23. The molecule has 0 saturated heterocycles. The summed E-state index contributed by atoms with van der Waals surface area (Å²) in [5.74, 6) is -1.59. The number of carbonyl (C=O) groups excluding carboxylic acids is 2. The van der Waals surface area contributed by atoms with Gasteiger partial charge in [0.15, 0.2) is 0 Å². The number of nitrogens with one attached hydrogen (secondary N) is 2. The van der Waals surface area contributed by atoms with Crippen molar-refractivity contribution in [2.45, 2.75) is 19.9 Å². The summed E-state index contributed by atoms with van der Waals surface area (Å²) in [5.41, 5.74) is 0.414. The van der Waals surface area contributed by atoms with Gasteiger partial charge in [-0.2, -0.15) is 0 Å². The van der Waals surface area contributed by atoms with Crippen molar-refractivity contribution < 1.29 is 14.7 Å². The zero-order valence-electron chi connectivity index (χ0n) is 10.1. The van der Waals surface area contributed by atoms with Crippen molar-refractivity contribution in [3.63, 3.8) is 0 Å². The molecule has 0 saturated carbocycles. The number of carboxylic acids is 1. The zero-order valence-corrected chi connectivity index (χ0v) is 10.8. The number of halogens is 1. The molecule has 0 aromatic heterocycles. The van der Waals surface area contributed by atoms with Crippen LogP contribution in [0.1, 0.15) is 13.8 Å². The van der Waals surface area contributed by atoms with Gasteiger partial charge in [0.1, 0.15) is 0 Å². The Bertz CT molecular complexity index is 449. The first kappa shape index (κ1) is 14.3. The Balaban J connectivity index is 2.67. The normalized spacial score (nSPS) is 12.0. The fourth-order valence-electron chi connectivity index (χ4n) is 1.36. The van der Waals surface area contributed by atoms with Gasteiger partial charge in [-0.15, -0.1) is 0 Å². The van der Waals surface area contributed by atoms with E-state index >= 15 is 0 Å². The first-order valence-electron chi connectivity index (χ1n) is 5.44. The van der Waals surface area contributed by atoms with Gasteiger partial charge in [-0.25, -0.2) is 4.79 Å². The molecule has 2 N–H and O–H groups in total. The summed E-state index contributed by atoms with van der Waals surface area (Å²) in [5, 5.41) is 16.0. The number of benzene rings is 1. The molecule has 1 aromatic rings. The van der Waals surface area contributed by atoms with Gasteiger partial charge in [-0.1, -0.05) is 37.6 Å². The lowest BCUT2D eigenvalue weighted by atomic mass is 10.1. The number of carbonyl (C=O) groups is 2. The molecule has 1 aromatic carbocycles. The summed E-state index contributed by atoms with van der Waals surface area (Å²) in [7, 11) is 0. The number of aliphatic carboxylic acids is 1. The molecule has 2 amide bonds. The fourth-order valence-corrected chi connectivity index (χ4v) is 1.54. The van der Waals surface area contributed by atoms with Crippen LogP contribution in [-0.2, 0) is 4.79 Å². The lowest BCUT2D eigenvalue weighted by Crippen LogP contribution is -2.51. The smallest absolute Gasteiger partial charge is 0.319 e. The number of rotatable bonds is 4. The van der Waals surface area contributed by atoms with Crippen LogP contribution in [0, 0.1) is 5.92 Å². The van der Waals surface area contributed by atoms with Crippen LogP contribution in [0.25, 0.3) is 0 Å². The molecular formula is C12H14ClN2O3-. The molecule has 0 heterocycles. The number of urea groups is 1. The van der Waals surface area contributed by atoms with Crippen LogP contribution >= 0.6 is 11.6 Å². The highest BCUT2D eigenvalue weighted by atomic mass is 35.5. The molecule has 0 radical (unpaired) electrons. The SMILES string of the molecule is CC(C)[C@H](NC(=O)Nc1ccccc1Cl)C(=O)[O-]. The van der Waals surface area contributed by atoms with Gasteiger partial charge >= 0.3 is 6.03 Å². The number of anilines is 1. The first-order chi connectivity index (χ1) is 8.41. The lowest BCUT2D eigenvalue weighted by molar-refractivity contribution is -0.309. The minimum absolute atomic E-state index is 0.271. The molecule has 0 bridgehead atoms. The van der Waals surface area contributed by atoms with Gasteiger partial charge in [0.2, 0.25) is 0 Å². The van der Waals surface area contributed by atoms with Crippen molar-refractivity contribution in [2.75, 3.05) is 5.32 Å². The molecule has 0 aliphatic heterocycles. The molecular weight excluding hydrogens is 256 g/mol. The molecule has 5 nitrogen and oxygen atoms in total. The summed E-state index contributed by atoms with van der Waals surface area (Å²) in [6.07, 6.45) is 0. The van der Waals surface area contributed by atoms with Crippen molar-refractivity contribution in [1.29, 1.82) is 0 Å². The Morgan fingerprint density at radius 3 is 2.39 bits per heavy atom. The third-order valence-corrected chi connectivity index (χ3v) is 2.66. The van der Waals surface area contributed by atoms with Crippen molar-refractivity contribution in [3.8, 4) is 0 Å². The number of hydrogen-bond acceptors (Lipinski definition) is 3. The quantitative estimate of drug-likeness (QED) is 0.863. The van der Waals surface area contributed by atoms with Crippen molar-refractivity contribution in [2.24, 2.45) is 5.92 Å². The Morgan fingerprint density at radius 1 is 1.28 bits per heavy atom. The molecule has 1 atom stereocenters. The van der Waals surface area contributed by atoms with Crippen LogP contribution < -0.4 is 15.7 Å². The predicted octanol–water partition coefficient (Wildman–Crippen LogP) is 1.24. The molecule has 18 heavy (non-hydrogen) atoms. The highest BCUT2D eigenvalue weighted by Gasteiger charge is 2.17. The van der Waals surface area contributed by atoms with E-state index in [1.165, 1.54) is 0 Å². The topological polar surface area (TPSA) is 81.3 Å². The van der Waals surface area contributed by atoms with Gasteiger partial charge in [0.05, 0.1) is 22.7 Å². The van der Waals surface area contributed by atoms with Crippen LogP contribution in [0.15, 0.2) is 24.3 Å². The minimum Gasteiger partial charge on any atom is -0.548 e. The molecule has 0 fully saturated rings. The average Bonchev–Trinajstić information content (AvgIpc) is 2.28. The molecule has 0 aliphatic carbocycles. The van der Waals surface area contributed by atoms with E-state index in [2.05, 4.69) is 10.6 Å². The van der Waals surface area contributed by atoms with Gasteiger partial charge in [-0.3, -0.25) is 0 Å². The summed E-state index contributed by atoms with van der Waals surface area (Å²) >= 11 is 5.86. The van der Waals surface area contributed by atoms with E-state index in [-0.39, 0.29) is 5.92 Å². The van der Waals surface area contributed by atoms with Crippen LogP contribution in [0.2, 0.25) is 5.02 Å². The monoisotopic (exact) mass is 269 g/mol. The summed E-state index contributed by atoms with van der Waals surface area (Å²) in [4.78, 5) is 22.4. The van der Waals surface area contributed by atoms with E-state index in [1.807, 2.05) is 0 Å². The van der Waals surface area contributed by atoms with Crippen LogP contribution in [0.3, 0.4) is 0 Å². The van der Waals surface area contributed by atoms with E-state index in [0.717, 1.165) is 0 Å². The van der Waals surface area contributed by atoms with E-state index < -0.39 is 18.0 Å². The highest BCUT2D eigenvalue weighted by molar-refractivity contribution is 6.33. The van der Waals surface area contributed by atoms with Crippen molar-refractivity contribution >= 4 is 29.3 Å². The van der Waals surface area contributed by atoms with E-state index in [9.17, 15) is 14.7 Å². The molecule has 98 valence electrons. The second-order valence-corrected chi connectivity index (χ2v) is 4.53. The standard InChI is InChI=1S/C12H15ClN2O3/c1-7(2)10(11(16)17)15-12(18)14-9-6-4-3-5-8(9)13/h3-7,10H,1-2H3,(H,16,17)(H2,14,15,18)/p-1/t10-/m0/s1. The third kappa shape index (κ3) is 3.92. The second kappa shape index (κ2) is 6.26. The number of para-hydroxylation sites is 1. The highest BCUT2D eigenvalue weighted by Crippen LogP contribution is 2.20. The summed E-state index contributed by atoms with van der Waals surface area (Å²) < 4.78 is 0. The zero-order chi connectivity index (χ0) is 13.7. The summed E-state index contributed by atoms with van der Waals surface area (Å²) in [6.45, 7) is 3.35. The van der Waals surface area contributed by atoms with Crippen LogP contribution in [-0.4, -0.2) is 18.0 Å². The Morgan fingerprint density at radius 2 is 1.89 bits per heavy atom. The fraction of sp³-hybridized carbons (Fsp3) is 0.333. The van der Waals surface area contributed by atoms with Crippen LogP contribution in [0.5, 0.6) is 0 Å². The maximum Gasteiger partial charge on any atom is 0.319 e. The van der Waals surface area contributed by atoms with Gasteiger partial charge < -0.3 is 20.5 Å². The molecule has 0 aliphatic rings. The minimum atomic E-state index is -1.32. The summed E-state index contributed by atoms with van der Waals surface area (Å²) in [6, 6.07) is 4.99. The van der Waals surface area contributed by atoms with Crippen molar-refractivity contribution in [1.82, 2.24) is 5.32 Å². The Hall–Kier alpha value is -1.75. The maximum atomic E-state index is 11.6. The number of carboxylic acid groups (broad SMARTS) is 1. The molecule has 0 spiro atoms. The number of hydrogen-bond donors (Lipinski definition) is 2. The third-order valence-electron chi connectivity index (χ3n) is 2.33. The predicted molar refractivity (Wildman–Crippen MR) is 67.2 cm³/mol. The Kier molecular flexibility index (Phi) is 4.97. The average molecular weight is 270 g/mol. The van der Waals surface area contributed by atoms with Gasteiger partial charge in [0.25, 0.3) is 0 Å². The van der Waals surface area contributed by atoms with Gasteiger partial charge in [-0.05, 0) is 18.1 Å². The largest absolute Gasteiger partial charge is 0.548 e. The van der Waals surface area contributed by atoms with Gasteiger partial charge in [0, 0.05) is 0 Å².